The highest BCUT2D eigenvalue weighted by Gasteiger charge is 2.21. The lowest BCUT2D eigenvalue weighted by atomic mass is 10.2. The van der Waals surface area contributed by atoms with Crippen molar-refractivity contribution in [2.24, 2.45) is 0 Å². The van der Waals surface area contributed by atoms with Crippen LogP contribution in [0.25, 0.3) is 0 Å². The molecule has 9 heteroatoms. The molecule has 2 N–H and O–H groups in total. The first-order valence-electron chi connectivity index (χ1n) is 9.99. The highest BCUT2D eigenvalue weighted by molar-refractivity contribution is 7.92. The molecule has 3 rings (SSSR count). The van der Waals surface area contributed by atoms with Gasteiger partial charge in [0, 0.05) is 17.5 Å². The average Bonchev–Trinajstić information content (AvgIpc) is 3.17. The van der Waals surface area contributed by atoms with E-state index in [4.69, 9.17) is 0 Å². The van der Waals surface area contributed by atoms with Crippen LogP contribution in [0.2, 0.25) is 0 Å². The first kappa shape index (κ1) is 23.5. The zero-order chi connectivity index (χ0) is 23.5. The van der Waals surface area contributed by atoms with E-state index in [-0.39, 0.29) is 16.4 Å². The second-order valence-electron chi connectivity index (χ2n) is 7.31. The fourth-order valence-corrected chi connectivity index (χ4v) is 5.26. The van der Waals surface area contributed by atoms with Crippen molar-refractivity contribution in [2.75, 3.05) is 11.4 Å². The largest absolute Gasteiger partial charge is 0.279 e. The number of hydrazine groups is 1. The summed E-state index contributed by atoms with van der Waals surface area (Å²) in [5.74, 6) is -0.885. The molecule has 168 valence electrons. The van der Waals surface area contributed by atoms with E-state index in [1.54, 1.807) is 42.5 Å². The van der Waals surface area contributed by atoms with Gasteiger partial charge in [-0.25, -0.2) is 8.42 Å². The molecular formula is C23H25N3O4S2. The molecule has 7 nitrogen and oxygen atoms in total. The van der Waals surface area contributed by atoms with E-state index in [2.05, 4.69) is 10.9 Å². The normalized spacial score (nSPS) is 11.1. The van der Waals surface area contributed by atoms with Crippen LogP contribution in [0.4, 0.5) is 5.69 Å². The van der Waals surface area contributed by atoms with Crippen molar-refractivity contribution in [1.29, 1.82) is 0 Å². The van der Waals surface area contributed by atoms with Crippen molar-refractivity contribution < 1.29 is 18.0 Å². The molecule has 0 aliphatic rings. The summed E-state index contributed by atoms with van der Waals surface area (Å²) < 4.78 is 26.8. The number of sulfonamides is 1. The lowest BCUT2D eigenvalue weighted by molar-refractivity contribution is 0.0849. The fourth-order valence-electron chi connectivity index (χ4n) is 3.06. The van der Waals surface area contributed by atoms with Gasteiger partial charge in [0.15, 0.2) is 0 Å². The molecule has 0 radical (unpaired) electrons. The number of thiophene rings is 1. The summed E-state index contributed by atoms with van der Waals surface area (Å²) >= 11 is 1.40. The van der Waals surface area contributed by atoms with Crippen molar-refractivity contribution in [3.63, 3.8) is 0 Å². The molecule has 1 heterocycles. The van der Waals surface area contributed by atoms with E-state index < -0.39 is 15.9 Å². The maximum atomic E-state index is 12.8. The zero-order valence-corrected chi connectivity index (χ0v) is 19.9. The van der Waals surface area contributed by atoms with Crippen LogP contribution in [-0.4, -0.2) is 27.3 Å². The monoisotopic (exact) mass is 471 g/mol. The molecule has 0 aliphatic carbocycles. The molecule has 2 amide bonds. The first-order valence-corrected chi connectivity index (χ1v) is 12.2. The highest BCUT2D eigenvalue weighted by Crippen LogP contribution is 2.23. The molecule has 2 aromatic carbocycles. The number of hydrogen-bond donors (Lipinski definition) is 2. The zero-order valence-electron chi connectivity index (χ0n) is 18.3. The topological polar surface area (TPSA) is 95.6 Å². The van der Waals surface area contributed by atoms with Crippen LogP contribution in [-0.2, 0) is 16.4 Å². The maximum Gasteiger partial charge on any atom is 0.279 e. The van der Waals surface area contributed by atoms with Crippen molar-refractivity contribution in [3.05, 3.63) is 81.0 Å². The van der Waals surface area contributed by atoms with Gasteiger partial charge in [0.25, 0.3) is 21.8 Å². The molecule has 0 bridgehead atoms. The Hall–Kier alpha value is -3.17. The van der Waals surface area contributed by atoms with Crippen LogP contribution in [0.5, 0.6) is 0 Å². The molecule has 1 aromatic heterocycles. The van der Waals surface area contributed by atoms with E-state index in [1.165, 1.54) is 30.5 Å². The molecule has 0 saturated carbocycles. The number of anilines is 1. The van der Waals surface area contributed by atoms with Gasteiger partial charge in [-0.2, -0.15) is 0 Å². The Morgan fingerprint density at radius 1 is 0.938 bits per heavy atom. The van der Waals surface area contributed by atoms with Crippen LogP contribution in [0.3, 0.4) is 0 Å². The van der Waals surface area contributed by atoms with E-state index in [9.17, 15) is 18.0 Å². The molecule has 0 spiro atoms. The number of aryl methyl sites for hydroxylation is 3. The van der Waals surface area contributed by atoms with Gasteiger partial charge in [-0.15, -0.1) is 11.3 Å². The van der Waals surface area contributed by atoms with Crippen LogP contribution in [0, 0.1) is 13.8 Å². The highest BCUT2D eigenvalue weighted by atomic mass is 32.2. The van der Waals surface area contributed by atoms with E-state index >= 15 is 0 Å². The quantitative estimate of drug-likeness (QED) is 0.534. The number of carbonyl (C=O) groups is 2. The van der Waals surface area contributed by atoms with Gasteiger partial charge in [-0.1, -0.05) is 24.6 Å². The third kappa shape index (κ3) is 5.00. The maximum absolute atomic E-state index is 12.8. The number of nitrogens with zero attached hydrogens (tertiary/aromatic N) is 1. The number of hydrogen-bond acceptors (Lipinski definition) is 5. The number of carbonyl (C=O) groups excluding carboxylic acids is 2. The van der Waals surface area contributed by atoms with Gasteiger partial charge in [-0.3, -0.25) is 24.7 Å². The molecule has 32 heavy (non-hydrogen) atoms. The van der Waals surface area contributed by atoms with Gasteiger partial charge in [0.2, 0.25) is 0 Å². The lowest BCUT2D eigenvalue weighted by Crippen LogP contribution is -2.41. The summed E-state index contributed by atoms with van der Waals surface area (Å²) in [6.45, 7) is 5.86. The van der Waals surface area contributed by atoms with Gasteiger partial charge < -0.3 is 0 Å². The third-order valence-corrected chi connectivity index (χ3v) is 8.21. The predicted molar refractivity (Wildman–Crippen MR) is 127 cm³/mol. The third-order valence-electron chi connectivity index (χ3n) is 5.03. The predicted octanol–water partition coefficient (Wildman–Crippen LogP) is 3.83. The van der Waals surface area contributed by atoms with Gasteiger partial charge in [-0.05, 0) is 68.3 Å². The van der Waals surface area contributed by atoms with Crippen LogP contribution >= 0.6 is 11.3 Å². The summed E-state index contributed by atoms with van der Waals surface area (Å²) in [6.07, 6.45) is 0.844. The number of nitrogens with one attached hydrogen (secondary N) is 2. The van der Waals surface area contributed by atoms with Crippen LogP contribution in [0.1, 0.15) is 43.0 Å². The van der Waals surface area contributed by atoms with E-state index in [0.717, 1.165) is 26.7 Å². The Bertz CT molecular complexity index is 1230. The Labute approximate surface area is 192 Å². The van der Waals surface area contributed by atoms with Crippen LogP contribution < -0.4 is 15.2 Å². The average molecular weight is 472 g/mol. The number of amides is 2. The molecular weight excluding hydrogens is 446 g/mol. The summed E-state index contributed by atoms with van der Waals surface area (Å²) in [5.41, 5.74) is 7.52. The SMILES string of the molecule is CCc1sc(C(=O)NNC(=O)c2ccc(N(C)S(=O)(=O)c3ccc(C)cc3)cc2)cc1C. The summed E-state index contributed by atoms with van der Waals surface area (Å²) in [6, 6.07) is 14.5. The fraction of sp³-hybridized carbons (Fsp3) is 0.217. The van der Waals surface area contributed by atoms with E-state index in [0.29, 0.717) is 10.6 Å². The standard InChI is InChI=1S/C23H25N3O4S2/c1-5-20-16(3)14-21(31-20)23(28)25-24-22(27)17-8-10-18(11-9-17)26(4)32(29,30)19-12-6-15(2)7-13-19/h6-14H,5H2,1-4H3,(H,24,27)(H,25,28). The van der Waals surface area contributed by atoms with Crippen molar-refractivity contribution in [1.82, 2.24) is 10.9 Å². The number of benzene rings is 2. The minimum atomic E-state index is -3.72. The molecule has 0 saturated heterocycles. The summed E-state index contributed by atoms with van der Waals surface area (Å²) in [4.78, 5) is 26.5. The van der Waals surface area contributed by atoms with Crippen LogP contribution in [0.15, 0.2) is 59.5 Å². The minimum Gasteiger partial charge on any atom is -0.269 e. The van der Waals surface area contributed by atoms with Gasteiger partial charge in [0.1, 0.15) is 0 Å². The molecule has 0 fully saturated rings. The Kier molecular flexibility index (Phi) is 7.00. The Morgan fingerprint density at radius 3 is 2.09 bits per heavy atom. The second-order valence-corrected chi connectivity index (χ2v) is 10.4. The summed E-state index contributed by atoms with van der Waals surface area (Å²) in [5, 5.41) is 0. The Balaban J connectivity index is 1.66. The van der Waals surface area contributed by atoms with Gasteiger partial charge >= 0.3 is 0 Å². The van der Waals surface area contributed by atoms with Crippen molar-refractivity contribution >= 4 is 38.9 Å². The van der Waals surface area contributed by atoms with Crippen molar-refractivity contribution in [2.45, 2.75) is 32.1 Å². The minimum absolute atomic E-state index is 0.185. The molecule has 0 atom stereocenters. The molecule has 0 unspecified atom stereocenters. The molecule has 3 aromatic rings. The first-order chi connectivity index (χ1) is 15.1. The number of rotatable bonds is 6. The smallest absolute Gasteiger partial charge is 0.269 e. The second kappa shape index (κ2) is 9.54. The van der Waals surface area contributed by atoms with Gasteiger partial charge in [0.05, 0.1) is 15.5 Å². The lowest BCUT2D eigenvalue weighted by Gasteiger charge is -2.20. The summed E-state index contributed by atoms with van der Waals surface area (Å²) in [7, 11) is -2.26. The Morgan fingerprint density at radius 2 is 1.53 bits per heavy atom. The van der Waals surface area contributed by atoms with E-state index in [1.807, 2.05) is 20.8 Å². The van der Waals surface area contributed by atoms with Crippen molar-refractivity contribution in [3.8, 4) is 0 Å². The molecule has 0 aliphatic heterocycles.